The number of H-pyrrole nitrogens is 1. The highest BCUT2D eigenvalue weighted by Gasteiger charge is 2.38. The van der Waals surface area contributed by atoms with E-state index in [0.29, 0.717) is 18.7 Å². The topological polar surface area (TPSA) is 124 Å². The molecule has 0 bridgehead atoms. The second-order valence-corrected chi connectivity index (χ2v) is 7.99. The molecule has 2 heterocycles. The molecule has 0 saturated carbocycles. The largest absolute Gasteiger partial charge is 0.490 e. The van der Waals surface area contributed by atoms with Gasteiger partial charge >= 0.3 is 18.3 Å². The van der Waals surface area contributed by atoms with Gasteiger partial charge in [-0.15, -0.1) is 0 Å². The summed E-state index contributed by atoms with van der Waals surface area (Å²) >= 11 is 0. The van der Waals surface area contributed by atoms with Crippen LogP contribution in [0.4, 0.5) is 32.0 Å². The molecule has 14 heteroatoms. The number of anilines is 1. The molecule has 1 saturated heterocycles. The molecule has 1 amide bonds. The number of carboxylic acid groups (broad SMARTS) is 1. The molecule has 8 nitrogen and oxygen atoms in total. The minimum Gasteiger partial charge on any atom is -0.475 e. The lowest BCUT2D eigenvalue weighted by Gasteiger charge is -2.22. The summed E-state index contributed by atoms with van der Waals surface area (Å²) in [4.78, 5) is 23.2. The molecule has 2 atom stereocenters. The number of carbonyl (C=O) groups is 2. The number of hydrogen-bond donors (Lipinski definition) is 4. The lowest BCUT2D eigenvalue weighted by Crippen LogP contribution is -2.38. The zero-order valence-electron chi connectivity index (χ0n) is 18.4. The first-order chi connectivity index (χ1) is 16.8. The van der Waals surface area contributed by atoms with Crippen LogP contribution in [0.3, 0.4) is 0 Å². The monoisotopic (exact) mass is 517 g/mol. The quantitative estimate of drug-likeness (QED) is 0.389. The summed E-state index contributed by atoms with van der Waals surface area (Å²) in [5.41, 5.74) is 7.51. The molecule has 2 aromatic carbocycles. The molecule has 1 aliphatic rings. The minimum absolute atomic E-state index is 0.0723. The summed E-state index contributed by atoms with van der Waals surface area (Å²) < 4.78 is 69.8. The molecule has 194 valence electrons. The third kappa shape index (κ3) is 6.65. The minimum atomic E-state index is -5.08. The SMILES string of the molecule is NC(C(=O)N1CCC(Nc2ccc3[nH]ncc3c2)C1)c1ccc(C(F)(F)F)cc1.O=C(O)C(F)(F)F. The first kappa shape index (κ1) is 26.8. The summed E-state index contributed by atoms with van der Waals surface area (Å²) in [6, 6.07) is 9.36. The van der Waals surface area contributed by atoms with E-state index in [1.807, 2.05) is 18.2 Å². The number of aromatic amines is 1. The summed E-state index contributed by atoms with van der Waals surface area (Å²) in [5, 5.41) is 18.4. The van der Waals surface area contributed by atoms with E-state index in [1.54, 1.807) is 11.1 Å². The van der Waals surface area contributed by atoms with Crippen LogP contribution < -0.4 is 11.1 Å². The second-order valence-electron chi connectivity index (χ2n) is 7.99. The number of aliphatic carboxylic acids is 1. The van der Waals surface area contributed by atoms with Crippen LogP contribution in [0.15, 0.2) is 48.7 Å². The van der Waals surface area contributed by atoms with Crippen molar-refractivity contribution in [2.75, 3.05) is 18.4 Å². The maximum Gasteiger partial charge on any atom is 0.490 e. The van der Waals surface area contributed by atoms with E-state index in [0.717, 1.165) is 35.1 Å². The molecule has 1 aromatic heterocycles. The second kappa shape index (κ2) is 10.4. The van der Waals surface area contributed by atoms with Gasteiger partial charge in [-0.1, -0.05) is 12.1 Å². The summed E-state index contributed by atoms with van der Waals surface area (Å²) in [5.74, 6) is -3.05. The Labute approximate surface area is 200 Å². The fourth-order valence-electron chi connectivity index (χ4n) is 3.57. The molecular weight excluding hydrogens is 496 g/mol. The molecule has 4 rings (SSSR count). The number of nitrogens with two attached hydrogens (primary N) is 1. The number of nitrogens with one attached hydrogen (secondary N) is 2. The third-order valence-electron chi connectivity index (χ3n) is 5.42. The van der Waals surface area contributed by atoms with Gasteiger partial charge in [0.25, 0.3) is 0 Å². The third-order valence-corrected chi connectivity index (χ3v) is 5.42. The van der Waals surface area contributed by atoms with E-state index in [1.165, 1.54) is 12.1 Å². The molecular formula is C22H21F6N5O3. The Morgan fingerprint density at radius 3 is 2.33 bits per heavy atom. The Bertz CT molecular complexity index is 1210. The highest BCUT2D eigenvalue weighted by molar-refractivity contribution is 5.84. The normalized spacial score (nSPS) is 16.9. The van der Waals surface area contributed by atoms with Crippen LogP contribution in [0.1, 0.15) is 23.6 Å². The van der Waals surface area contributed by atoms with E-state index in [9.17, 15) is 31.1 Å². The molecule has 36 heavy (non-hydrogen) atoms. The van der Waals surface area contributed by atoms with Crippen LogP contribution in [-0.2, 0) is 15.8 Å². The van der Waals surface area contributed by atoms with Crippen LogP contribution in [0, 0.1) is 0 Å². The van der Waals surface area contributed by atoms with Gasteiger partial charge in [0.1, 0.15) is 6.04 Å². The average Bonchev–Trinajstić information content (AvgIpc) is 3.46. The van der Waals surface area contributed by atoms with Crippen LogP contribution in [0.25, 0.3) is 10.9 Å². The molecule has 3 aromatic rings. The van der Waals surface area contributed by atoms with E-state index in [4.69, 9.17) is 15.6 Å². The number of benzene rings is 2. The van der Waals surface area contributed by atoms with Gasteiger partial charge < -0.3 is 21.1 Å². The van der Waals surface area contributed by atoms with E-state index < -0.39 is 29.9 Å². The van der Waals surface area contributed by atoms with Crippen LogP contribution in [0.5, 0.6) is 0 Å². The predicted octanol–water partition coefficient (Wildman–Crippen LogP) is 3.93. The zero-order valence-corrected chi connectivity index (χ0v) is 18.4. The standard InChI is InChI=1S/C20H20F3N5O.C2HF3O2/c21-20(22,23)14-3-1-12(2-4-14)18(24)19(29)28-8-7-16(11-28)26-15-5-6-17-13(9-15)10-25-27-17;3-2(4,5)1(6)7/h1-6,9-10,16,18,26H,7-8,11,24H2,(H,25,27);(H,6,7). The predicted molar refractivity (Wildman–Crippen MR) is 117 cm³/mol. The molecule has 0 spiro atoms. The van der Waals surface area contributed by atoms with Gasteiger partial charge in [-0.25, -0.2) is 4.79 Å². The van der Waals surface area contributed by atoms with Crippen LogP contribution in [-0.4, -0.2) is 57.4 Å². The number of likely N-dealkylation sites (tertiary alicyclic amines) is 1. The first-order valence-corrected chi connectivity index (χ1v) is 10.5. The smallest absolute Gasteiger partial charge is 0.475 e. The van der Waals surface area contributed by atoms with Crippen molar-refractivity contribution in [2.45, 2.75) is 30.9 Å². The Balaban J connectivity index is 0.000000454. The van der Waals surface area contributed by atoms with Gasteiger partial charge in [0, 0.05) is 30.2 Å². The van der Waals surface area contributed by atoms with Gasteiger partial charge in [0.05, 0.1) is 17.3 Å². The fraction of sp³-hybridized carbons (Fsp3) is 0.318. The maximum absolute atomic E-state index is 12.7. The number of rotatable bonds is 4. The molecule has 0 aliphatic carbocycles. The van der Waals surface area contributed by atoms with Crippen molar-refractivity contribution >= 4 is 28.5 Å². The molecule has 2 unspecified atom stereocenters. The molecule has 1 fully saturated rings. The molecule has 5 N–H and O–H groups in total. The number of carbonyl (C=O) groups excluding carboxylic acids is 1. The number of nitrogens with zero attached hydrogens (tertiary/aromatic N) is 2. The van der Waals surface area contributed by atoms with Crippen molar-refractivity contribution in [2.24, 2.45) is 5.73 Å². The number of amides is 1. The van der Waals surface area contributed by atoms with Gasteiger partial charge in [-0.05, 0) is 42.3 Å². The van der Waals surface area contributed by atoms with Crippen molar-refractivity contribution in [1.29, 1.82) is 0 Å². The Morgan fingerprint density at radius 2 is 1.75 bits per heavy atom. The number of carboxylic acids is 1. The highest BCUT2D eigenvalue weighted by Crippen LogP contribution is 2.30. The van der Waals surface area contributed by atoms with E-state index in [2.05, 4.69) is 15.5 Å². The van der Waals surface area contributed by atoms with Crippen LogP contribution in [0.2, 0.25) is 0 Å². The van der Waals surface area contributed by atoms with E-state index in [-0.39, 0.29) is 11.9 Å². The molecule has 0 radical (unpaired) electrons. The van der Waals surface area contributed by atoms with Gasteiger partial charge in [0.15, 0.2) is 0 Å². The van der Waals surface area contributed by atoms with Crippen molar-refractivity contribution in [3.8, 4) is 0 Å². The zero-order chi connectivity index (χ0) is 26.7. The Hall–Kier alpha value is -3.81. The first-order valence-electron chi connectivity index (χ1n) is 10.5. The lowest BCUT2D eigenvalue weighted by molar-refractivity contribution is -0.192. The summed E-state index contributed by atoms with van der Waals surface area (Å²) in [6.07, 6.45) is -7.00. The number of halogens is 6. The number of alkyl halides is 6. The fourth-order valence-corrected chi connectivity index (χ4v) is 3.57. The van der Waals surface area contributed by atoms with Crippen LogP contribution >= 0.6 is 0 Å². The van der Waals surface area contributed by atoms with Gasteiger partial charge in [-0.2, -0.15) is 31.4 Å². The summed E-state index contributed by atoms with van der Waals surface area (Å²) in [6.45, 7) is 1.02. The number of fused-ring (bicyclic) bond motifs is 1. The average molecular weight is 517 g/mol. The maximum atomic E-state index is 12.7. The number of aromatic nitrogens is 2. The number of hydrogen-bond acceptors (Lipinski definition) is 5. The highest BCUT2D eigenvalue weighted by atomic mass is 19.4. The molecule has 1 aliphatic heterocycles. The van der Waals surface area contributed by atoms with Crippen molar-refractivity contribution in [3.63, 3.8) is 0 Å². The van der Waals surface area contributed by atoms with Gasteiger partial charge in [-0.3, -0.25) is 9.89 Å². The Morgan fingerprint density at radius 1 is 1.11 bits per heavy atom. The summed E-state index contributed by atoms with van der Waals surface area (Å²) in [7, 11) is 0. The Kier molecular flexibility index (Phi) is 7.77. The van der Waals surface area contributed by atoms with Crippen molar-refractivity contribution < 1.29 is 41.0 Å². The lowest BCUT2D eigenvalue weighted by atomic mass is 10.0. The van der Waals surface area contributed by atoms with Crippen molar-refractivity contribution in [3.05, 3.63) is 59.8 Å². The van der Waals surface area contributed by atoms with Crippen molar-refractivity contribution in [1.82, 2.24) is 15.1 Å². The van der Waals surface area contributed by atoms with E-state index >= 15 is 0 Å². The van der Waals surface area contributed by atoms with Gasteiger partial charge in [0.2, 0.25) is 5.91 Å².